The van der Waals surface area contributed by atoms with Crippen LogP contribution < -0.4 is 0 Å². The van der Waals surface area contributed by atoms with E-state index in [4.69, 9.17) is 0 Å². The molecule has 0 bridgehead atoms. The van der Waals surface area contributed by atoms with Crippen LogP contribution in [0.4, 0.5) is 52.7 Å². The largest absolute Gasteiger partial charge is 0.387 e. The molecule has 0 amide bonds. The minimum absolute atomic E-state index is 0.706. The molecule has 0 radical (unpaired) electrons. The molecule has 0 rings (SSSR count). The van der Waals surface area contributed by atoms with Crippen LogP contribution in [-0.2, 0) is 0 Å². The minimum Gasteiger partial charge on any atom is -0.195 e. The van der Waals surface area contributed by atoms with E-state index in [1.54, 1.807) is 0 Å². The van der Waals surface area contributed by atoms with Gasteiger partial charge in [-0.05, 0) is 6.08 Å². The van der Waals surface area contributed by atoms with E-state index in [0.717, 1.165) is 0 Å². The van der Waals surface area contributed by atoms with Gasteiger partial charge in [0.1, 0.15) is 0 Å². The molecule has 13 heteroatoms. The highest BCUT2D eigenvalue weighted by Gasteiger charge is 2.89. The van der Waals surface area contributed by atoms with Crippen LogP contribution in [0.3, 0.4) is 0 Å². The van der Waals surface area contributed by atoms with Crippen molar-refractivity contribution in [3.8, 4) is 0 Å². The molecule has 0 atom stereocenters. The van der Waals surface area contributed by atoms with Crippen molar-refractivity contribution in [1.29, 1.82) is 0 Å². The summed E-state index contributed by atoms with van der Waals surface area (Å²) in [6.07, 6.45) is -1.20. The monoisotopic (exact) mass is 454 g/mol. The highest BCUT2D eigenvalue weighted by Crippen LogP contribution is 2.61. The molecule has 0 heterocycles. The smallest absolute Gasteiger partial charge is 0.195 e. The number of hydrogen-bond donors (Lipinski definition) is 0. The fourth-order valence-corrected chi connectivity index (χ4v) is 1.25. The first-order chi connectivity index (χ1) is 8.81. The summed E-state index contributed by atoms with van der Waals surface area (Å²) < 4.78 is 146. The maximum absolute atomic E-state index is 12.8. The number of halogens is 13. The topological polar surface area (TPSA) is 0 Å². The Hall–Kier alpha value is -0.370. The van der Waals surface area contributed by atoms with Crippen LogP contribution in [0.1, 0.15) is 0 Å². The predicted molar refractivity (Wildman–Crippen MR) is 53.9 cm³/mol. The van der Waals surface area contributed by atoms with Gasteiger partial charge in [0.2, 0.25) is 0 Å². The van der Waals surface area contributed by atoms with Gasteiger partial charge in [-0.25, -0.2) is 0 Å². The molecular weight excluding hydrogens is 451 g/mol. The van der Waals surface area contributed by atoms with Crippen molar-refractivity contribution in [2.24, 2.45) is 0 Å². The molecule has 0 saturated carbocycles. The Morgan fingerprint density at radius 1 is 0.571 bits per heavy atom. The van der Waals surface area contributed by atoms with Crippen LogP contribution >= 0.6 is 22.6 Å². The molecule has 0 N–H and O–H groups in total. The standard InChI is InChI=1S/C8H3F12I/c1-2-3(9,10)4(11,12)5(13,14)6(15,16)7(17,18)8(19,20)21/h2H,1H2. The second kappa shape index (κ2) is 5.08. The van der Waals surface area contributed by atoms with Gasteiger partial charge in [-0.2, -0.15) is 52.7 Å². The summed E-state index contributed by atoms with van der Waals surface area (Å²) in [6, 6.07) is 0. The zero-order chi connectivity index (χ0) is 17.7. The zero-order valence-electron chi connectivity index (χ0n) is 9.20. The van der Waals surface area contributed by atoms with Crippen LogP contribution in [0.15, 0.2) is 12.7 Å². The van der Waals surface area contributed by atoms with Crippen molar-refractivity contribution in [3.63, 3.8) is 0 Å². The summed E-state index contributed by atoms with van der Waals surface area (Å²) in [4.78, 5) is 0. The van der Waals surface area contributed by atoms with Gasteiger partial charge >= 0.3 is 33.5 Å². The lowest BCUT2D eigenvalue weighted by Gasteiger charge is -2.39. The van der Waals surface area contributed by atoms with E-state index in [1.807, 2.05) is 6.58 Å². The van der Waals surface area contributed by atoms with Crippen molar-refractivity contribution in [2.75, 3.05) is 0 Å². The van der Waals surface area contributed by atoms with E-state index in [0.29, 0.717) is 0 Å². The van der Waals surface area contributed by atoms with E-state index < -0.39 is 62.2 Å². The van der Waals surface area contributed by atoms with E-state index in [-0.39, 0.29) is 0 Å². The van der Waals surface area contributed by atoms with Crippen LogP contribution in [0.2, 0.25) is 0 Å². The van der Waals surface area contributed by atoms with Gasteiger partial charge in [0.25, 0.3) is 0 Å². The molecule has 0 unspecified atom stereocenters. The van der Waals surface area contributed by atoms with Gasteiger partial charge in [-0.1, -0.05) is 6.58 Å². The molecule has 126 valence electrons. The summed E-state index contributed by atoms with van der Waals surface area (Å²) in [5.74, 6) is -35.2. The Bertz CT molecular complexity index is 406. The quantitative estimate of drug-likeness (QED) is 0.219. The minimum atomic E-state index is -7.50. The first-order valence-electron chi connectivity index (χ1n) is 4.40. The van der Waals surface area contributed by atoms with Gasteiger partial charge in [0.15, 0.2) is 0 Å². The molecule has 0 spiro atoms. The van der Waals surface area contributed by atoms with Crippen LogP contribution in [0, 0.1) is 0 Å². The number of allylic oxidation sites excluding steroid dienone is 1. The van der Waals surface area contributed by atoms with Gasteiger partial charge < -0.3 is 0 Å². The van der Waals surface area contributed by atoms with Crippen LogP contribution in [-0.4, -0.2) is 33.5 Å². The molecule has 0 saturated heterocycles. The number of rotatable bonds is 6. The number of hydrogen-bond acceptors (Lipinski definition) is 0. The molecule has 0 aliphatic rings. The molecule has 0 aromatic heterocycles. The molecule has 0 aliphatic carbocycles. The number of alkyl halides is 13. The maximum atomic E-state index is 12.8. The van der Waals surface area contributed by atoms with Crippen molar-refractivity contribution < 1.29 is 52.7 Å². The Labute approximate surface area is 122 Å². The molecule has 0 nitrogen and oxygen atoms in total. The van der Waals surface area contributed by atoms with Crippen molar-refractivity contribution in [1.82, 2.24) is 0 Å². The molecule has 0 aromatic rings. The van der Waals surface area contributed by atoms with Gasteiger partial charge in [-0.15, -0.1) is 0 Å². The summed E-state index contributed by atoms with van der Waals surface area (Å²) >= 11 is -0.706. The van der Waals surface area contributed by atoms with Crippen LogP contribution in [0.25, 0.3) is 0 Å². The van der Waals surface area contributed by atoms with E-state index >= 15 is 0 Å². The predicted octanol–water partition coefficient (Wildman–Crippen LogP) is 5.38. The molecule has 0 fully saturated rings. The lowest BCUT2D eigenvalue weighted by atomic mass is 9.94. The Morgan fingerprint density at radius 2 is 0.857 bits per heavy atom. The van der Waals surface area contributed by atoms with Crippen molar-refractivity contribution >= 4 is 22.6 Å². The summed E-state index contributed by atoms with van der Waals surface area (Å²) in [6.45, 7) is 1.96. The van der Waals surface area contributed by atoms with Gasteiger partial charge in [0, 0.05) is 22.6 Å². The lowest BCUT2D eigenvalue weighted by Crippen LogP contribution is -2.69. The first-order valence-corrected chi connectivity index (χ1v) is 5.48. The Morgan fingerprint density at radius 3 is 1.10 bits per heavy atom. The second-order valence-electron chi connectivity index (χ2n) is 3.62. The Kier molecular flexibility index (Phi) is 4.99. The molecule has 0 aromatic carbocycles. The van der Waals surface area contributed by atoms with Crippen LogP contribution in [0.5, 0.6) is 0 Å². The third kappa shape index (κ3) is 2.69. The average Bonchev–Trinajstić information content (AvgIpc) is 2.26. The fraction of sp³-hybridized carbons (Fsp3) is 0.750. The van der Waals surface area contributed by atoms with Crippen molar-refractivity contribution in [3.05, 3.63) is 12.7 Å². The van der Waals surface area contributed by atoms with Gasteiger partial charge in [-0.3, -0.25) is 0 Å². The second-order valence-corrected chi connectivity index (χ2v) is 4.98. The summed E-state index contributed by atoms with van der Waals surface area (Å²) in [5, 5.41) is 0. The lowest BCUT2D eigenvalue weighted by molar-refractivity contribution is -0.408. The summed E-state index contributed by atoms with van der Waals surface area (Å²) in [5.41, 5.74) is 0. The zero-order valence-corrected chi connectivity index (χ0v) is 11.4. The normalized spacial score (nSPS) is 16.0. The molecule has 21 heavy (non-hydrogen) atoms. The van der Waals surface area contributed by atoms with E-state index in [1.165, 1.54) is 0 Å². The van der Waals surface area contributed by atoms with Crippen molar-refractivity contribution in [2.45, 2.75) is 33.5 Å². The highest BCUT2D eigenvalue weighted by atomic mass is 127. The summed E-state index contributed by atoms with van der Waals surface area (Å²) in [7, 11) is 0. The Balaban J connectivity index is 6.20. The first kappa shape index (κ1) is 20.6. The van der Waals surface area contributed by atoms with Gasteiger partial charge in [0.05, 0.1) is 0 Å². The maximum Gasteiger partial charge on any atom is 0.387 e. The third-order valence-corrected chi connectivity index (χ3v) is 2.89. The molecule has 0 aliphatic heterocycles. The molecular formula is C8H3F12I. The SMILES string of the molecule is C=CC(F)(F)C(F)(F)C(F)(F)C(F)(F)C(F)(F)C(F)(F)I. The highest BCUT2D eigenvalue weighted by molar-refractivity contribution is 14.1. The third-order valence-electron chi connectivity index (χ3n) is 2.21. The van der Waals surface area contributed by atoms with E-state index in [2.05, 4.69) is 0 Å². The van der Waals surface area contributed by atoms with E-state index in [9.17, 15) is 52.7 Å². The average molecular weight is 454 g/mol. The fourth-order valence-electron chi connectivity index (χ4n) is 0.910.